The second kappa shape index (κ2) is 5.70. The number of carbonyl (C=O) groups excluding carboxylic acids is 2. The molecule has 2 aromatic rings. The second-order valence-electron chi connectivity index (χ2n) is 4.92. The first-order chi connectivity index (χ1) is 9.49. The van der Waals surface area contributed by atoms with Gasteiger partial charge in [0.05, 0.1) is 0 Å². The van der Waals surface area contributed by atoms with Crippen LogP contribution in [-0.2, 0) is 0 Å². The molecule has 0 aliphatic carbocycles. The van der Waals surface area contributed by atoms with Crippen LogP contribution in [0.1, 0.15) is 27.6 Å². The van der Waals surface area contributed by atoms with Crippen molar-refractivity contribution in [3.63, 3.8) is 0 Å². The summed E-state index contributed by atoms with van der Waals surface area (Å²) in [6.45, 7) is 1.55. The fraction of sp³-hybridized carbons (Fsp3) is 0.176. The molecular weight excluding hydrogens is 250 g/mol. The van der Waals surface area contributed by atoms with Crippen LogP contribution in [-0.4, -0.2) is 30.7 Å². The van der Waals surface area contributed by atoms with Gasteiger partial charge in [0.1, 0.15) is 0 Å². The largest absolute Gasteiger partial charge is 0.345 e. The van der Waals surface area contributed by atoms with Crippen molar-refractivity contribution < 1.29 is 9.59 Å². The Bertz CT molecular complexity index is 660. The molecule has 0 aromatic heterocycles. The summed E-state index contributed by atoms with van der Waals surface area (Å²) in [4.78, 5) is 25.0. The molecule has 1 amide bonds. The molecular formula is C17H17NO2. The van der Waals surface area contributed by atoms with E-state index in [9.17, 15) is 9.59 Å². The molecule has 3 heteroatoms. The van der Waals surface area contributed by atoms with Crippen LogP contribution in [0.25, 0.3) is 11.1 Å². The van der Waals surface area contributed by atoms with Crippen molar-refractivity contribution in [2.45, 2.75) is 6.92 Å². The maximum atomic E-state index is 12.0. The maximum absolute atomic E-state index is 12.0. The van der Waals surface area contributed by atoms with Gasteiger partial charge in [-0.2, -0.15) is 0 Å². The van der Waals surface area contributed by atoms with E-state index in [1.807, 2.05) is 36.4 Å². The van der Waals surface area contributed by atoms with Gasteiger partial charge in [0.15, 0.2) is 5.78 Å². The lowest BCUT2D eigenvalue weighted by Crippen LogP contribution is -2.21. The Morgan fingerprint density at radius 1 is 0.850 bits per heavy atom. The lowest BCUT2D eigenvalue weighted by molar-refractivity contribution is 0.0827. The van der Waals surface area contributed by atoms with E-state index in [1.54, 1.807) is 38.1 Å². The summed E-state index contributed by atoms with van der Waals surface area (Å²) in [5.74, 6) is 0.00180. The third-order valence-electron chi connectivity index (χ3n) is 3.12. The molecule has 0 unspecified atom stereocenters. The summed E-state index contributed by atoms with van der Waals surface area (Å²) >= 11 is 0. The van der Waals surface area contributed by atoms with Crippen molar-refractivity contribution in [1.29, 1.82) is 0 Å². The molecule has 0 aliphatic rings. The maximum Gasteiger partial charge on any atom is 0.253 e. The van der Waals surface area contributed by atoms with Crippen LogP contribution >= 0.6 is 0 Å². The van der Waals surface area contributed by atoms with Gasteiger partial charge in [-0.15, -0.1) is 0 Å². The molecule has 0 atom stereocenters. The molecule has 0 saturated heterocycles. The monoisotopic (exact) mass is 267 g/mol. The summed E-state index contributed by atoms with van der Waals surface area (Å²) in [5.41, 5.74) is 3.18. The Balaban J connectivity index is 2.43. The summed E-state index contributed by atoms with van der Waals surface area (Å²) in [7, 11) is 3.46. The Morgan fingerprint density at radius 2 is 1.35 bits per heavy atom. The van der Waals surface area contributed by atoms with Crippen molar-refractivity contribution >= 4 is 11.7 Å². The van der Waals surface area contributed by atoms with E-state index in [1.165, 1.54) is 0 Å². The van der Waals surface area contributed by atoms with Crippen LogP contribution in [0.4, 0.5) is 0 Å². The molecule has 3 nitrogen and oxygen atoms in total. The van der Waals surface area contributed by atoms with E-state index in [-0.39, 0.29) is 11.7 Å². The molecule has 0 N–H and O–H groups in total. The van der Waals surface area contributed by atoms with Crippen LogP contribution < -0.4 is 0 Å². The highest BCUT2D eigenvalue weighted by atomic mass is 16.2. The van der Waals surface area contributed by atoms with Crippen molar-refractivity contribution in [3.8, 4) is 11.1 Å². The van der Waals surface area contributed by atoms with Crippen LogP contribution in [0.5, 0.6) is 0 Å². The number of nitrogens with zero attached hydrogens (tertiary/aromatic N) is 1. The minimum Gasteiger partial charge on any atom is -0.345 e. The number of ketones is 1. The van der Waals surface area contributed by atoms with Crippen LogP contribution in [0.15, 0.2) is 48.5 Å². The first-order valence-corrected chi connectivity index (χ1v) is 6.42. The number of hydrogen-bond donors (Lipinski definition) is 0. The third-order valence-corrected chi connectivity index (χ3v) is 3.12. The molecule has 0 bridgehead atoms. The number of carbonyl (C=O) groups is 2. The van der Waals surface area contributed by atoms with Gasteiger partial charge in [0.2, 0.25) is 0 Å². The number of Topliss-reactive ketones (excluding diaryl/α,β-unsaturated/α-hetero) is 1. The lowest BCUT2D eigenvalue weighted by Gasteiger charge is -2.11. The van der Waals surface area contributed by atoms with E-state index in [2.05, 4.69) is 0 Å². The third kappa shape index (κ3) is 2.94. The second-order valence-corrected chi connectivity index (χ2v) is 4.92. The molecule has 0 radical (unpaired) electrons. The highest BCUT2D eigenvalue weighted by Crippen LogP contribution is 2.22. The minimum absolute atomic E-state index is 0.0328. The van der Waals surface area contributed by atoms with Gasteiger partial charge in [-0.1, -0.05) is 30.3 Å². The number of benzene rings is 2. The molecule has 2 rings (SSSR count). The van der Waals surface area contributed by atoms with Crippen LogP contribution in [0.2, 0.25) is 0 Å². The Morgan fingerprint density at radius 3 is 1.85 bits per heavy atom. The van der Waals surface area contributed by atoms with Gasteiger partial charge in [-0.05, 0) is 36.2 Å². The highest BCUT2D eigenvalue weighted by molar-refractivity contribution is 5.96. The molecule has 0 saturated carbocycles. The fourth-order valence-electron chi connectivity index (χ4n) is 2.01. The van der Waals surface area contributed by atoms with E-state index in [0.29, 0.717) is 11.1 Å². The Kier molecular flexibility index (Phi) is 3.99. The molecule has 20 heavy (non-hydrogen) atoms. The smallest absolute Gasteiger partial charge is 0.253 e. The zero-order valence-corrected chi connectivity index (χ0v) is 11.9. The first kappa shape index (κ1) is 14.0. The summed E-state index contributed by atoms with van der Waals surface area (Å²) in [5, 5.41) is 0. The van der Waals surface area contributed by atoms with E-state index >= 15 is 0 Å². The van der Waals surface area contributed by atoms with Crippen molar-refractivity contribution in [1.82, 2.24) is 4.90 Å². The average molecular weight is 267 g/mol. The molecule has 2 aromatic carbocycles. The summed E-state index contributed by atoms with van der Waals surface area (Å²) in [6, 6.07) is 14.9. The Labute approximate surface area is 118 Å². The zero-order valence-electron chi connectivity index (χ0n) is 11.9. The van der Waals surface area contributed by atoms with Gasteiger partial charge >= 0.3 is 0 Å². The lowest BCUT2D eigenvalue weighted by atomic mass is 10.00. The topological polar surface area (TPSA) is 37.4 Å². The van der Waals surface area contributed by atoms with Gasteiger partial charge in [0.25, 0.3) is 5.91 Å². The van der Waals surface area contributed by atoms with Gasteiger partial charge in [-0.3, -0.25) is 9.59 Å². The Hall–Kier alpha value is -2.42. The normalized spacial score (nSPS) is 10.2. The minimum atomic E-state index is -0.0328. The van der Waals surface area contributed by atoms with Crippen molar-refractivity contribution in [2.75, 3.05) is 14.1 Å². The van der Waals surface area contributed by atoms with Gasteiger partial charge in [-0.25, -0.2) is 0 Å². The molecule has 0 fully saturated rings. The quantitative estimate of drug-likeness (QED) is 0.800. The predicted molar refractivity (Wildman–Crippen MR) is 79.9 cm³/mol. The molecule has 0 aliphatic heterocycles. The van der Waals surface area contributed by atoms with Gasteiger partial charge < -0.3 is 4.90 Å². The number of amides is 1. The average Bonchev–Trinajstić information content (AvgIpc) is 2.46. The number of rotatable bonds is 3. The summed E-state index contributed by atoms with van der Waals surface area (Å²) in [6.07, 6.45) is 0. The van der Waals surface area contributed by atoms with Crippen molar-refractivity contribution in [3.05, 3.63) is 59.7 Å². The SMILES string of the molecule is CC(=O)c1cccc(-c2cccc(C(=O)N(C)C)c2)c1. The molecule has 102 valence electrons. The zero-order chi connectivity index (χ0) is 14.7. The predicted octanol–water partition coefficient (Wildman–Crippen LogP) is 3.26. The standard InChI is InChI=1S/C17H17NO2/c1-12(19)13-6-4-7-14(10-13)15-8-5-9-16(11-15)17(20)18(2)3/h4-11H,1-3H3. The number of hydrogen-bond acceptors (Lipinski definition) is 2. The van der Waals surface area contributed by atoms with Crippen molar-refractivity contribution in [2.24, 2.45) is 0 Å². The summed E-state index contributed by atoms with van der Waals surface area (Å²) < 4.78 is 0. The van der Waals surface area contributed by atoms with Gasteiger partial charge in [0, 0.05) is 25.2 Å². The van der Waals surface area contributed by atoms with Crippen LogP contribution in [0.3, 0.4) is 0 Å². The molecule has 0 heterocycles. The highest BCUT2D eigenvalue weighted by Gasteiger charge is 2.09. The van der Waals surface area contributed by atoms with E-state index in [0.717, 1.165) is 11.1 Å². The van der Waals surface area contributed by atoms with Crippen LogP contribution in [0, 0.1) is 0 Å². The fourth-order valence-corrected chi connectivity index (χ4v) is 2.01. The van der Waals surface area contributed by atoms with E-state index in [4.69, 9.17) is 0 Å². The molecule has 0 spiro atoms. The first-order valence-electron chi connectivity index (χ1n) is 6.42. The van der Waals surface area contributed by atoms with E-state index < -0.39 is 0 Å².